The Labute approximate surface area is 121 Å². The van der Waals surface area contributed by atoms with E-state index >= 15 is 0 Å². The molecule has 1 saturated heterocycles. The van der Waals surface area contributed by atoms with Crippen LogP contribution in [0.5, 0.6) is 0 Å². The minimum Gasteiger partial charge on any atom is -0.289 e. The van der Waals surface area contributed by atoms with E-state index in [0.717, 1.165) is 5.56 Å². The van der Waals surface area contributed by atoms with Crippen molar-refractivity contribution in [2.75, 3.05) is 6.54 Å². The van der Waals surface area contributed by atoms with E-state index in [1.165, 1.54) is 16.7 Å². The van der Waals surface area contributed by atoms with Crippen molar-refractivity contribution >= 4 is 40.3 Å². The van der Waals surface area contributed by atoms with Gasteiger partial charge in [0.05, 0.1) is 16.5 Å². The first-order valence-corrected chi connectivity index (χ1v) is 6.74. The largest absolute Gasteiger partial charge is 0.289 e. The molecule has 1 aliphatic rings. The second-order valence-corrected chi connectivity index (χ2v) is 5.49. The maximum absolute atomic E-state index is 12.1. The van der Waals surface area contributed by atoms with Crippen molar-refractivity contribution in [2.45, 2.75) is 0 Å². The molecule has 0 unspecified atom stereocenters. The SMILES string of the molecule is C=CCN1C(=O)C(=Cc2ccc(C#N)cc2)SC1=S. The molecular weight excluding hydrogens is 276 g/mol. The van der Waals surface area contributed by atoms with E-state index < -0.39 is 0 Å². The number of thiocarbonyl (C=S) groups is 1. The molecule has 0 spiro atoms. The van der Waals surface area contributed by atoms with Gasteiger partial charge in [-0.15, -0.1) is 6.58 Å². The van der Waals surface area contributed by atoms with E-state index in [0.29, 0.717) is 21.3 Å². The highest BCUT2D eigenvalue weighted by Gasteiger charge is 2.30. The minimum atomic E-state index is -0.0979. The summed E-state index contributed by atoms with van der Waals surface area (Å²) in [7, 11) is 0. The van der Waals surface area contributed by atoms with E-state index in [2.05, 4.69) is 12.6 Å². The normalized spacial score (nSPS) is 16.8. The highest BCUT2D eigenvalue weighted by atomic mass is 32.2. The van der Waals surface area contributed by atoms with Gasteiger partial charge in [-0.3, -0.25) is 9.69 Å². The van der Waals surface area contributed by atoms with Crippen LogP contribution in [0.15, 0.2) is 41.8 Å². The molecular formula is C14H10N2OS2. The van der Waals surface area contributed by atoms with Crippen LogP contribution in [0.1, 0.15) is 11.1 Å². The first kappa shape index (κ1) is 13.5. The lowest BCUT2D eigenvalue weighted by atomic mass is 10.1. The molecule has 0 radical (unpaired) electrons. The Hall–Kier alpha value is -1.90. The molecule has 1 heterocycles. The van der Waals surface area contributed by atoms with Crippen LogP contribution >= 0.6 is 24.0 Å². The molecule has 0 aromatic heterocycles. The summed E-state index contributed by atoms with van der Waals surface area (Å²) in [5.41, 5.74) is 1.47. The van der Waals surface area contributed by atoms with E-state index in [1.807, 2.05) is 0 Å². The lowest BCUT2D eigenvalue weighted by molar-refractivity contribution is -0.121. The van der Waals surface area contributed by atoms with Gasteiger partial charge in [-0.1, -0.05) is 42.2 Å². The summed E-state index contributed by atoms with van der Waals surface area (Å²) in [6, 6.07) is 9.10. The van der Waals surface area contributed by atoms with Crippen LogP contribution in [-0.4, -0.2) is 21.7 Å². The molecule has 1 fully saturated rings. The summed E-state index contributed by atoms with van der Waals surface area (Å²) in [5, 5.41) is 8.73. The Morgan fingerprint density at radius 1 is 1.42 bits per heavy atom. The van der Waals surface area contributed by atoms with E-state index in [4.69, 9.17) is 17.5 Å². The molecule has 0 bridgehead atoms. The van der Waals surface area contributed by atoms with Crippen LogP contribution in [0, 0.1) is 11.3 Å². The Kier molecular flexibility index (Phi) is 4.15. The minimum absolute atomic E-state index is 0.0979. The molecule has 0 atom stereocenters. The van der Waals surface area contributed by atoms with Gasteiger partial charge in [0, 0.05) is 6.54 Å². The third-order valence-corrected chi connectivity index (χ3v) is 3.90. The highest BCUT2D eigenvalue weighted by molar-refractivity contribution is 8.26. The molecule has 1 aliphatic heterocycles. The van der Waals surface area contributed by atoms with Crippen molar-refractivity contribution in [1.29, 1.82) is 5.26 Å². The standard InChI is InChI=1S/C14H10N2OS2/c1-2-7-16-13(17)12(19-14(16)18)8-10-3-5-11(9-15)6-4-10/h2-6,8H,1,7H2. The number of carbonyl (C=O) groups excluding carboxylic acids is 1. The Balaban J connectivity index is 2.24. The summed E-state index contributed by atoms with van der Waals surface area (Å²) < 4.78 is 0.546. The fourth-order valence-electron chi connectivity index (χ4n) is 1.59. The van der Waals surface area contributed by atoms with Crippen LogP contribution in [0.4, 0.5) is 0 Å². The molecule has 0 N–H and O–H groups in total. The molecule has 2 rings (SSSR count). The quantitative estimate of drug-likeness (QED) is 0.487. The first-order valence-electron chi connectivity index (χ1n) is 5.52. The zero-order valence-electron chi connectivity index (χ0n) is 10.00. The zero-order chi connectivity index (χ0) is 13.8. The molecule has 1 aromatic rings. The third kappa shape index (κ3) is 2.92. The summed E-state index contributed by atoms with van der Waals surface area (Å²) in [5.74, 6) is -0.0979. The molecule has 19 heavy (non-hydrogen) atoms. The van der Waals surface area contributed by atoms with Crippen molar-refractivity contribution in [2.24, 2.45) is 0 Å². The lowest BCUT2D eigenvalue weighted by Crippen LogP contribution is -2.27. The average Bonchev–Trinajstić information content (AvgIpc) is 2.68. The van der Waals surface area contributed by atoms with Gasteiger partial charge in [0.1, 0.15) is 4.32 Å². The number of hydrogen-bond acceptors (Lipinski definition) is 4. The van der Waals surface area contributed by atoms with Crippen molar-refractivity contribution in [3.63, 3.8) is 0 Å². The fraction of sp³-hybridized carbons (Fsp3) is 0.0714. The number of thioether (sulfide) groups is 1. The molecule has 0 saturated carbocycles. The molecule has 0 aliphatic carbocycles. The predicted molar refractivity (Wildman–Crippen MR) is 81.2 cm³/mol. The number of benzene rings is 1. The lowest BCUT2D eigenvalue weighted by Gasteiger charge is -2.10. The number of nitrogens with zero attached hydrogens (tertiary/aromatic N) is 2. The van der Waals surface area contributed by atoms with Gasteiger partial charge in [-0.05, 0) is 23.8 Å². The van der Waals surface area contributed by atoms with Gasteiger partial charge >= 0.3 is 0 Å². The van der Waals surface area contributed by atoms with Gasteiger partial charge in [0.2, 0.25) is 0 Å². The van der Waals surface area contributed by atoms with Crippen LogP contribution in [0.2, 0.25) is 0 Å². The van der Waals surface area contributed by atoms with Gasteiger partial charge in [-0.2, -0.15) is 5.26 Å². The van der Waals surface area contributed by atoms with E-state index in [-0.39, 0.29) is 5.91 Å². The highest BCUT2D eigenvalue weighted by Crippen LogP contribution is 2.32. The summed E-state index contributed by atoms with van der Waals surface area (Å²) >= 11 is 6.43. The second-order valence-electron chi connectivity index (χ2n) is 3.81. The summed E-state index contributed by atoms with van der Waals surface area (Å²) in [4.78, 5) is 14.2. The fourth-order valence-corrected chi connectivity index (χ4v) is 2.87. The maximum atomic E-state index is 12.1. The summed E-state index contributed by atoms with van der Waals surface area (Å²) in [6.45, 7) is 4.03. The van der Waals surface area contributed by atoms with Crippen molar-refractivity contribution in [1.82, 2.24) is 4.90 Å². The topological polar surface area (TPSA) is 44.1 Å². The van der Waals surface area contributed by atoms with Crippen molar-refractivity contribution in [3.05, 3.63) is 53.0 Å². The van der Waals surface area contributed by atoms with Crippen LogP contribution in [-0.2, 0) is 4.79 Å². The Morgan fingerprint density at radius 2 is 2.11 bits per heavy atom. The van der Waals surface area contributed by atoms with Crippen LogP contribution in [0.25, 0.3) is 6.08 Å². The number of nitriles is 1. The number of carbonyl (C=O) groups is 1. The number of amides is 1. The van der Waals surface area contributed by atoms with Crippen LogP contribution < -0.4 is 0 Å². The van der Waals surface area contributed by atoms with Gasteiger partial charge in [-0.25, -0.2) is 0 Å². The summed E-state index contributed by atoms with van der Waals surface area (Å²) in [6.07, 6.45) is 3.43. The van der Waals surface area contributed by atoms with Crippen molar-refractivity contribution < 1.29 is 4.79 Å². The maximum Gasteiger partial charge on any atom is 0.266 e. The molecule has 5 heteroatoms. The number of rotatable bonds is 3. The monoisotopic (exact) mass is 286 g/mol. The zero-order valence-corrected chi connectivity index (χ0v) is 11.6. The number of hydrogen-bond donors (Lipinski definition) is 0. The molecule has 1 amide bonds. The van der Waals surface area contributed by atoms with Gasteiger partial charge in [0.15, 0.2) is 0 Å². The van der Waals surface area contributed by atoms with E-state index in [1.54, 1.807) is 36.4 Å². The predicted octanol–water partition coefficient (Wildman–Crippen LogP) is 2.95. The van der Waals surface area contributed by atoms with Gasteiger partial charge in [0.25, 0.3) is 5.91 Å². The molecule has 94 valence electrons. The van der Waals surface area contributed by atoms with Crippen LogP contribution in [0.3, 0.4) is 0 Å². The smallest absolute Gasteiger partial charge is 0.266 e. The Morgan fingerprint density at radius 3 is 2.68 bits per heavy atom. The third-order valence-electron chi connectivity index (χ3n) is 2.52. The Bertz CT molecular complexity index is 611. The van der Waals surface area contributed by atoms with E-state index in [9.17, 15) is 4.79 Å². The molecule has 3 nitrogen and oxygen atoms in total. The second kappa shape index (κ2) is 5.83. The molecule has 1 aromatic carbocycles. The van der Waals surface area contributed by atoms with Crippen molar-refractivity contribution in [3.8, 4) is 6.07 Å². The average molecular weight is 286 g/mol. The first-order chi connectivity index (χ1) is 9.15. The van der Waals surface area contributed by atoms with Gasteiger partial charge < -0.3 is 0 Å².